The largest absolute Gasteiger partial charge is 0.338 e. The number of rotatable bonds is 4. The molecular weight excluding hydrogens is 243 g/mol. The van der Waals surface area contributed by atoms with Gasteiger partial charge in [0.05, 0.1) is 5.54 Å². The van der Waals surface area contributed by atoms with E-state index in [1.54, 1.807) is 12.1 Å². The quantitative estimate of drug-likeness (QED) is 0.860. The van der Waals surface area contributed by atoms with Crippen LogP contribution in [0.1, 0.15) is 44.6 Å². The molecule has 1 aromatic carbocycles. The van der Waals surface area contributed by atoms with Gasteiger partial charge in [-0.05, 0) is 25.3 Å². The Hall–Kier alpha value is -1.58. The molecule has 0 bridgehead atoms. The standard InChI is InChI=1S/C15H21FN2O/c1-2-11-17-14(19)18-15(9-5-6-10-15)12-7-3-4-8-13(12)16/h3-4,7-8H,2,5-6,9-11H2,1H3,(H2,17,18,19). The van der Waals surface area contributed by atoms with Gasteiger partial charge in [-0.25, -0.2) is 9.18 Å². The molecule has 0 saturated heterocycles. The molecule has 3 nitrogen and oxygen atoms in total. The van der Waals surface area contributed by atoms with Crippen LogP contribution >= 0.6 is 0 Å². The molecule has 0 unspecified atom stereocenters. The number of benzene rings is 1. The van der Waals surface area contributed by atoms with E-state index in [0.717, 1.165) is 32.1 Å². The van der Waals surface area contributed by atoms with Crippen LogP contribution in [-0.4, -0.2) is 12.6 Å². The van der Waals surface area contributed by atoms with Gasteiger partial charge in [-0.15, -0.1) is 0 Å². The summed E-state index contributed by atoms with van der Waals surface area (Å²) < 4.78 is 14.0. The lowest BCUT2D eigenvalue weighted by Gasteiger charge is -2.31. The molecule has 0 radical (unpaired) electrons. The first kappa shape index (κ1) is 13.8. The monoisotopic (exact) mass is 264 g/mol. The highest BCUT2D eigenvalue weighted by Crippen LogP contribution is 2.39. The Balaban J connectivity index is 2.19. The Kier molecular flexibility index (Phi) is 4.40. The van der Waals surface area contributed by atoms with Gasteiger partial charge in [-0.3, -0.25) is 0 Å². The summed E-state index contributed by atoms with van der Waals surface area (Å²) in [5, 5.41) is 5.79. The van der Waals surface area contributed by atoms with E-state index in [-0.39, 0.29) is 11.8 Å². The fourth-order valence-corrected chi connectivity index (χ4v) is 2.79. The lowest BCUT2D eigenvalue weighted by molar-refractivity contribution is 0.223. The molecule has 1 aromatic rings. The summed E-state index contributed by atoms with van der Waals surface area (Å²) in [4.78, 5) is 11.9. The number of halogens is 1. The molecule has 1 aliphatic rings. The molecule has 1 fully saturated rings. The molecule has 4 heteroatoms. The maximum absolute atomic E-state index is 14.0. The third kappa shape index (κ3) is 3.06. The molecule has 0 heterocycles. The molecule has 1 saturated carbocycles. The first-order valence-corrected chi connectivity index (χ1v) is 6.99. The Morgan fingerprint density at radius 1 is 1.32 bits per heavy atom. The molecule has 2 rings (SSSR count). The summed E-state index contributed by atoms with van der Waals surface area (Å²) >= 11 is 0. The van der Waals surface area contributed by atoms with E-state index in [1.165, 1.54) is 6.07 Å². The van der Waals surface area contributed by atoms with Crippen LogP contribution in [0.4, 0.5) is 9.18 Å². The van der Waals surface area contributed by atoms with Crippen molar-refractivity contribution < 1.29 is 9.18 Å². The van der Waals surface area contributed by atoms with Crippen LogP contribution in [0.5, 0.6) is 0 Å². The van der Waals surface area contributed by atoms with E-state index in [2.05, 4.69) is 10.6 Å². The zero-order valence-electron chi connectivity index (χ0n) is 11.3. The van der Waals surface area contributed by atoms with Gasteiger partial charge in [0, 0.05) is 12.1 Å². The average molecular weight is 264 g/mol. The van der Waals surface area contributed by atoms with Gasteiger partial charge in [0.15, 0.2) is 0 Å². The van der Waals surface area contributed by atoms with Crippen LogP contribution in [0.15, 0.2) is 24.3 Å². The van der Waals surface area contributed by atoms with Crippen molar-refractivity contribution in [3.05, 3.63) is 35.6 Å². The number of nitrogens with one attached hydrogen (secondary N) is 2. The van der Waals surface area contributed by atoms with Gasteiger partial charge in [-0.2, -0.15) is 0 Å². The Labute approximate surface area is 113 Å². The minimum absolute atomic E-state index is 0.202. The Bertz CT molecular complexity index is 442. The van der Waals surface area contributed by atoms with Gasteiger partial charge < -0.3 is 10.6 Å². The third-order valence-corrected chi connectivity index (χ3v) is 3.73. The molecule has 19 heavy (non-hydrogen) atoms. The summed E-state index contributed by atoms with van der Waals surface area (Å²) in [6.45, 7) is 2.64. The zero-order valence-corrected chi connectivity index (χ0v) is 11.3. The number of carbonyl (C=O) groups excluding carboxylic acids is 1. The molecule has 0 spiro atoms. The number of urea groups is 1. The summed E-state index contributed by atoms with van der Waals surface area (Å²) in [5.41, 5.74) is 0.0718. The van der Waals surface area contributed by atoms with Crippen LogP contribution in [0, 0.1) is 5.82 Å². The molecule has 2 amide bonds. The summed E-state index contributed by atoms with van der Waals surface area (Å²) in [5.74, 6) is -0.236. The van der Waals surface area contributed by atoms with Crippen LogP contribution in [0.2, 0.25) is 0 Å². The highest BCUT2D eigenvalue weighted by molar-refractivity contribution is 5.75. The van der Waals surface area contributed by atoms with Crippen molar-refractivity contribution in [1.29, 1.82) is 0 Å². The van der Waals surface area contributed by atoms with Crippen molar-refractivity contribution in [2.75, 3.05) is 6.54 Å². The average Bonchev–Trinajstić information content (AvgIpc) is 2.86. The normalized spacial score (nSPS) is 17.2. The predicted octanol–water partition coefficient (Wildman–Crippen LogP) is 3.30. The van der Waals surface area contributed by atoms with Gasteiger partial charge in [0.25, 0.3) is 0 Å². The molecule has 104 valence electrons. The van der Waals surface area contributed by atoms with Crippen LogP contribution in [0.3, 0.4) is 0 Å². The number of hydrogen-bond acceptors (Lipinski definition) is 1. The summed E-state index contributed by atoms with van der Waals surface area (Å²) in [6.07, 6.45) is 4.52. The minimum atomic E-state index is -0.539. The second kappa shape index (κ2) is 6.04. The van der Waals surface area contributed by atoms with E-state index in [1.807, 2.05) is 13.0 Å². The van der Waals surface area contributed by atoms with E-state index in [0.29, 0.717) is 12.1 Å². The van der Waals surface area contributed by atoms with E-state index in [4.69, 9.17) is 0 Å². The van der Waals surface area contributed by atoms with Gasteiger partial charge in [0.2, 0.25) is 0 Å². The lowest BCUT2D eigenvalue weighted by atomic mass is 9.88. The third-order valence-electron chi connectivity index (χ3n) is 3.73. The molecule has 2 N–H and O–H groups in total. The molecular formula is C15H21FN2O. The Morgan fingerprint density at radius 3 is 2.63 bits per heavy atom. The SMILES string of the molecule is CCCNC(=O)NC1(c2ccccc2F)CCCC1. The molecule has 0 atom stereocenters. The zero-order chi connectivity index (χ0) is 13.7. The van der Waals surface area contributed by atoms with Crippen molar-refractivity contribution in [1.82, 2.24) is 10.6 Å². The maximum atomic E-state index is 14.0. The van der Waals surface area contributed by atoms with Crippen LogP contribution < -0.4 is 10.6 Å². The van der Waals surface area contributed by atoms with Crippen LogP contribution in [-0.2, 0) is 5.54 Å². The minimum Gasteiger partial charge on any atom is -0.338 e. The summed E-state index contributed by atoms with van der Waals surface area (Å²) in [6, 6.07) is 6.54. The first-order valence-electron chi connectivity index (χ1n) is 6.99. The maximum Gasteiger partial charge on any atom is 0.315 e. The molecule has 1 aliphatic carbocycles. The topological polar surface area (TPSA) is 41.1 Å². The van der Waals surface area contributed by atoms with E-state index < -0.39 is 5.54 Å². The van der Waals surface area contributed by atoms with Crippen molar-refractivity contribution in [3.63, 3.8) is 0 Å². The molecule has 0 aliphatic heterocycles. The lowest BCUT2D eigenvalue weighted by Crippen LogP contribution is -2.49. The highest BCUT2D eigenvalue weighted by atomic mass is 19.1. The van der Waals surface area contributed by atoms with Gasteiger partial charge >= 0.3 is 6.03 Å². The first-order chi connectivity index (χ1) is 9.18. The smallest absolute Gasteiger partial charge is 0.315 e. The summed E-state index contributed by atoms with van der Waals surface area (Å²) in [7, 11) is 0. The fourth-order valence-electron chi connectivity index (χ4n) is 2.79. The number of amides is 2. The van der Waals surface area contributed by atoms with Gasteiger partial charge in [-0.1, -0.05) is 38.0 Å². The van der Waals surface area contributed by atoms with Crippen LogP contribution in [0.25, 0.3) is 0 Å². The predicted molar refractivity (Wildman–Crippen MR) is 73.4 cm³/mol. The van der Waals surface area contributed by atoms with Crippen molar-refractivity contribution in [2.45, 2.75) is 44.6 Å². The van der Waals surface area contributed by atoms with Crippen molar-refractivity contribution in [2.24, 2.45) is 0 Å². The second-order valence-electron chi connectivity index (χ2n) is 5.15. The Morgan fingerprint density at radius 2 is 2.00 bits per heavy atom. The van der Waals surface area contributed by atoms with E-state index in [9.17, 15) is 9.18 Å². The van der Waals surface area contributed by atoms with Crippen molar-refractivity contribution >= 4 is 6.03 Å². The number of carbonyl (C=O) groups is 1. The van der Waals surface area contributed by atoms with Crippen molar-refractivity contribution in [3.8, 4) is 0 Å². The fraction of sp³-hybridized carbons (Fsp3) is 0.533. The molecule has 0 aromatic heterocycles. The highest BCUT2D eigenvalue weighted by Gasteiger charge is 2.38. The van der Waals surface area contributed by atoms with Gasteiger partial charge in [0.1, 0.15) is 5.82 Å². The second-order valence-corrected chi connectivity index (χ2v) is 5.15. The van der Waals surface area contributed by atoms with E-state index >= 15 is 0 Å². The number of hydrogen-bond donors (Lipinski definition) is 2.